The molecule has 2 atom stereocenters. The molecule has 4 nitrogen and oxygen atoms in total. The molecule has 18 heavy (non-hydrogen) atoms. The van der Waals surface area contributed by atoms with Gasteiger partial charge >= 0.3 is 0 Å². The van der Waals surface area contributed by atoms with E-state index < -0.39 is 0 Å². The quantitative estimate of drug-likeness (QED) is 0.753. The van der Waals surface area contributed by atoms with Crippen LogP contribution in [-0.4, -0.2) is 38.7 Å². The van der Waals surface area contributed by atoms with E-state index in [2.05, 4.69) is 29.4 Å². The summed E-state index contributed by atoms with van der Waals surface area (Å²) in [6.07, 6.45) is 3.42. The van der Waals surface area contributed by atoms with E-state index in [1.807, 2.05) is 6.92 Å². The molecule has 1 saturated carbocycles. The second-order valence-corrected chi connectivity index (χ2v) is 8.22. The van der Waals surface area contributed by atoms with Crippen LogP contribution in [0.5, 0.6) is 0 Å². The largest absolute Gasteiger partial charge is 0.394 e. The lowest BCUT2D eigenvalue weighted by atomic mass is 9.97. The molecule has 1 aromatic rings. The number of aromatic nitrogens is 2. The Bertz CT molecular complexity index is 394. The second kappa shape index (κ2) is 5.86. The number of thioether (sulfide) groups is 1. The van der Waals surface area contributed by atoms with E-state index in [9.17, 15) is 5.11 Å². The lowest BCUT2D eigenvalue weighted by molar-refractivity contribution is 0.164. The molecule has 1 fully saturated rings. The molecule has 2 N–H and O–H groups in total. The Morgan fingerprint density at radius 2 is 2.28 bits per heavy atom. The predicted molar refractivity (Wildman–Crippen MR) is 76.2 cm³/mol. The van der Waals surface area contributed by atoms with Gasteiger partial charge in [-0.2, -0.15) is 0 Å². The van der Waals surface area contributed by atoms with Crippen molar-refractivity contribution >= 4 is 23.1 Å². The molecule has 0 radical (unpaired) electrons. The van der Waals surface area contributed by atoms with Crippen LogP contribution in [0.1, 0.15) is 38.1 Å². The third-order valence-corrected chi connectivity index (χ3v) is 5.05. The second-order valence-electron chi connectivity index (χ2n) is 5.36. The van der Waals surface area contributed by atoms with Gasteiger partial charge in [-0.05, 0) is 33.1 Å². The van der Waals surface area contributed by atoms with Gasteiger partial charge in [-0.15, -0.1) is 10.2 Å². The van der Waals surface area contributed by atoms with Gasteiger partial charge in [-0.3, -0.25) is 0 Å². The standard InChI is InChI=1S/C12H21N3OS2/c1-8(17-11-15-14-9(2)18-11)6-12(3,7-16)13-10-4-5-10/h8,10,13,16H,4-7H2,1-3H3. The average molecular weight is 287 g/mol. The Labute approximate surface area is 117 Å². The van der Waals surface area contributed by atoms with Crippen LogP contribution in [0.3, 0.4) is 0 Å². The first-order valence-corrected chi connectivity index (χ1v) is 8.06. The molecule has 0 amide bonds. The highest BCUT2D eigenvalue weighted by Gasteiger charge is 2.33. The topological polar surface area (TPSA) is 58.0 Å². The molecule has 0 aromatic carbocycles. The number of nitrogens with zero attached hydrogens (tertiary/aromatic N) is 2. The number of aliphatic hydroxyl groups excluding tert-OH is 1. The van der Waals surface area contributed by atoms with E-state index in [1.54, 1.807) is 23.1 Å². The summed E-state index contributed by atoms with van der Waals surface area (Å²) in [4.78, 5) is 0. The maximum atomic E-state index is 9.58. The minimum atomic E-state index is -0.173. The molecule has 2 rings (SSSR count). The molecule has 1 aromatic heterocycles. The van der Waals surface area contributed by atoms with Crippen LogP contribution in [-0.2, 0) is 0 Å². The molecule has 0 aliphatic heterocycles. The van der Waals surface area contributed by atoms with Crippen molar-refractivity contribution in [1.82, 2.24) is 15.5 Å². The summed E-state index contributed by atoms with van der Waals surface area (Å²) in [5.74, 6) is 0. The highest BCUT2D eigenvalue weighted by atomic mass is 32.2. The van der Waals surface area contributed by atoms with Gasteiger partial charge in [0.1, 0.15) is 5.01 Å². The summed E-state index contributed by atoms with van der Waals surface area (Å²) in [7, 11) is 0. The van der Waals surface area contributed by atoms with Crippen molar-refractivity contribution in [2.45, 2.75) is 61.2 Å². The minimum Gasteiger partial charge on any atom is -0.394 e. The average Bonchev–Trinajstić information content (AvgIpc) is 3.00. The van der Waals surface area contributed by atoms with E-state index in [-0.39, 0.29) is 12.1 Å². The van der Waals surface area contributed by atoms with Crippen molar-refractivity contribution in [2.24, 2.45) is 0 Å². The summed E-state index contributed by atoms with van der Waals surface area (Å²) in [6, 6.07) is 0.614. The van der Waals surface area contributed by atoms with Crippen molar-refractivity contribution in [3.8, 4) is 0 Å². The molecule has 0 saturated heterocycles. The Morgan fingerprint density at radius 1 is 1.56 bits per heavy atom. The number of aryl methyl sites for hydroxylation is 1. The van der Waals surface area contributed by atoms with Crippen LogP contribution in [0.25, 0.3) is 0 Å². The maximum absolute atomic E-state index is 9.58. The Hall–Kier alpha value is -0.170. The zero-order chi connectivity index (χ0) is 13.2. The summed E-state index contributed by atoms with van der Waals surface area (Å²) in [6.45, 7) is 6.44. The fraction of sp³-hybridized carbons (Fsp3) is 0.833. The molecule has 1 heterocycles. The number of rotatable bonds is 7. The van der Waals surface area contributed by atoms with Gasteiger partial charge in [0.25, 0.3) is 0 Å². The number of hydrogen-bond acceptors (Lipinski definition) is 6. The number of nitrogens with one attached hydrogen (secondary N) is 1. The monoisotopic (exact) mass is 287 g/mol. The Kier molecular flexibility index (Phi) is 4.64. The highest BCUT2D eigenvalue weighted by molar-refractivity contribution is 8.01. The first-order chi connectivity index (χ1) is 8.50. The number of aliphatic hydroxyl groups is 1. The number of hydrogen-bond donors (Lipinski definition) is 2. The molecular weight excluding hydrogens is 266 g/mol. The first-order valence-electron chi connectivity index (χ1n) is 6.36. The van der Waals surface area contributed by atoms with Crippen molar-refractivity contribution in [2.75, 3.05) is 6.61 Å². The zero-order valence-electron chi connectivity index (χ0n) is 11.1. The van der Waals surface area contributed by atoms with Crippen LogP contribution < -0.4 is 5.32 Å². The Balaban J connectivity index is 1.86. The lowest BCUT2D eigenvalue weighted by Gasteiger charge is -2.31. The normalized spacial score (nSPS) is 20.7. The van der Waals surface area contributed by atoms with Gasteiger partial charge in [0.2, 0.25) is 0 Å². The maximum Gasteiger partial charge on any atom is 0.174 e. The molecule has 102 valence electrons. The molecule has 0 bridgehead atoms. The molecule has 2 unspecified atom stereocenters. The molecular formula is C12H21N3OS2. The van der Waals surface area contributed by atoms with Gasteiger partial charge < -0.3 is 10.4 Å². The van der Waals surface area contributed by atoms with Crippen molar-refractivity contribution in [1.29, 1.82) is 0 Å². The van der Waals surface area contributed by atoms with Crippen LogP contribution in [0.15, 0.2) is 4.34 Å². The fourth-order valence-corrected chi connectivity index (χ4v) is 4.41. The minimum absolute atomic E-state index is 0.173. The van der Waals surface area contributed by atoms with Crippen LogP contribution >= 0.6 is 23.1 Å². The van der Waals surface area contributed by atoms with Gasteiger partial charge in [-0.25, -0.2) is 0 Å². The van der Waals surface area contributed by atoms with Crippen LogP contribution in [0, 0.1) is 6.92 Å². The summed E-state index contributed by atoms with van der Waals surface area (Å²) < 4.78 is 1.02. The molecule has 1 aliphatic carbocycles. The third-order valence-electron chi connectivity index (χ3n) is 3.03. The molecule has 0 spiro atoms. The first kappa shape index (κ1) is 14.2. The molecule has 1 aliphatic rings. The molecule has 6 heteroatoms. The third kappa shape index (κ3) is 4.19. The van der Waals surface area contributed by atoms with E-state index in [1.165, 1.54) is 12.8 Å². The lowest BCUT2D eigenvalue weighted by Crippen LogP contribution is -2.48. The van der Waals surface area contributed by atoms with Crippen molar-refractivity contribution in [3.05, 3.63) is 5.01 Å². The zero-order valence-corrected chi connectivity index (χ0v) is 12.8. The summed E-state index contributed by atoms with van der Waals surface area (Å²) in [5.41, 5.74) is -0.173. The van der Waals surface area contributed by atoms with E-state index in [0.717, 1.165) is 15.8 Å². The van der Waals surface area contributed by atoms with Crippen molar-refractivity contribution in [3.63, 3.8) is 0 Å². The SMILES string of the molecule is Cc1nnc(SC(C)CC(C)(CO)NC2CC2)s1. The van der Waals surface area contributed by atoms with Gasteiger partial charge in [-0.1, -0.05) is 30.0 Å². The summed E-state index contributed by atoms with van der Waals surface area (Å²) in [5, 5.41) is 22.7. The Morgan fingerprint density at radius 3 is 2.78 bits per heavy atom. The van der Waals surface area contributed by atoms with Crippen molar-refractivity contribution < 1.29 is 5.11 Å². The van der Waals surface area contributed by atoms with E-state index in [4.69, 9.17) is 0 Å². The van der Waals surface area contributed by atoms with Crippen LogP contribution in [0.4, 0.5) is 0 Å². The fourth-order valence-electron chi connectivity index (χ4n) is 2.06. The predicted octanol–water partition coefficient (Wildman–Crippen LogP) is 2.22. The van der Waals surface area contributed by atoms with E-state index >= 15 is 0 Å². The smallest absolute Gasteiger partial charge is 0.174 e. The van der Waals surface area contributed by atoms with Gasteiger partial charge in [0.15, 0.2) is 4.34 Å². The van der Waals surface area contributed by atoms with Crippen LogP contribution in [0.2, 0.25) is 0 Å². The highest BCUT2D eigenvalue weighted by Crippen LogP contribution is 2.32. The summed E-state index contributed by atoms with van der Waals surface area (Å²) >= 11 is 3.38. The van der Waals surface area contributed by atoms with Gasteiger partial charge in [0, 0.05) is 16.8 Å². The van der Waals surface area contributed by atoms with E-state index in [0.29, 0.717) is 11.3 Å². The van der Waals surface area contributed by atoms with Gasteiger partial charge in [0.05, 0.1) is 6.61 Å².